The van der Waals surface area contributed by atoms with Gasteiger partial charge in [0, 0.05) is 12.1 Å². The molecule has 10 heavy (non-hydrogen) atoms. The minimum Gasteiger partial charge on any atom is -0.400 e. The van der Waals surface area contributed by atoms with Gasteiger partial charge in [-0.3, -0.25) is 0 Å². The van der Waals surface area contributed by atoms with E-state index in [1.54, 1.807) is 0 Å². The summed E-state index contributed by atoms with van der Waals surface area (Å²) in [5, 5.41) is 7.81. The van der Waals surface area contributed by atoms with E-state index in [1.165, 1.54) is 5.56 Å². The lowest BCUT2D eigenvalue weighted by Gasteiger charge is -1.88. The van der Waals surface area contributed by atoms with Crippen molar-refractivity contribution in [2.45, 2.75) is 6.92 Å². The van der Waals surface area contributed by atoms with Gasteiger partial charge in [-0.25, -0.2) is 0 Å². The third kappa shape index (κ3) is 3.49. The Morgan fingerprint density at radius 2 is 1.90 bits per heavy atom. The second-order valence-corrected chi connectivity index (χ2v) is 2.24. The van der Waals surface area contributed by atoms with Gasteiger partial charge in [0.15, 0.2) is 0 Å². The second-order valence-electron chi connectivity index (χ2n) is 1.80. The number of benzene rings is 1. The molecule has 0 bridgehead atoms. The third-order valence-electron chi connectivity index (χ3n) is 0.980. The van der Waals surface area contributed by atoms with E-state index in [0.717, 1.165) is 12.1 Å². The molecule has 0 saturated carbocycles. The predicted molar refractivity (Wildman–Crippen MR) is 44.3 cm³/mol. The van der Waals surface area contributed by atoms with E-state index in [0.29, 0.717) is 0 Å². The standard InChI is InChI=1S/C7H7Cl.CH4O/c1-6-3-2-4-7(8)5-6;1-2/h2-5H,1H3;2H,1H3. The molecule has 2 heteroatoms. The van der Waals surface area contributed by atoms with Crippen LogP contribution in [0.3, 0.4) is 0 Å². The van der Waals surface area contributed by atoms with Gasteiger partial charge in [0.2, 0.25) is 0 Å². The Morgan fingerprint density at radius 3 is 2.20 bits per heavy atom. The zero-order valence-electron chi connectivity index (χ0n) is 6.13. The van der Waals surface area contributed by atoms with Crippen molar-refractivity contribution in [3.8, 4) is 0 Å². The Kier molecular flexibility index (Phi) is 4.99. The van der Waals surface area contributed by atoms with Gasteiger partial charge in [0.25, 0.3) is 0 Å². The van der Waals surface area contributed by atoms with Crippen LogP contribution in [0.2, 0.25) is 5.02 Å². The number of aliphatic hydroxyl groups excluding tert-OH is 1. The lowest BCUT2D eigenvalue weighted by Crippen LogP contribution is -1.66. The smallest absolute Gasteiger partial charge is 0.0408 e. The number of aryl methyl sites for hydroxylation is 1. The van der Waals surface area contributed by atoms with Gasteiger partial charge >= 0.3 is 0 Å². The SMILES string of the molecule is CO.Cc1cccc(Cl)c1. The normalized spacial score (nSPS) is 8.00. The lowest BCUT2D eigenvalue weighted by molar-refractivity contribution is 0.399. The molecule has 0 radical (unpaired) electrons. The highest BCUT2D eigenvalue weighted by Gasteiger charge is 1.82. The molecular formula is C8H11ClO. The Hall–Kier alpha value is -0.530. The molecule has 56 valence electrons. The zero-order chi connectivity index (χ0) is 7.98. The number of halogens is 1. The van der Waals surface area contributed by atoms with Gasteiger partial charge in [-0.2, -0.15) is 0 Å². The Labute approximate surface area is 66.3 Å². The number of rotatable bonds is 0. The van der Waals surface area contributed by atoms with Crippen molar-refractivity contribution < 1.29 is 5.11 Å². The molecule has 0 aliphatic rings. The first-order chi connectivity index (χ1) is 4.79. The summed E-state index contributed by atoms with van der Waals surface area (Å²) in [6.07, 6.45) is 0. The fourth-order valence-electron chi connectivity index (χ4n) is 0.606. The number of hydrogen-bond donors (Lipinski definition) is 1. The van der Waals surface area contributed by atoms with Crippen LogP contribution in [0.1, 0.15) is 5.56 Å². The van der Waals surface area contributed by atoms with Crippen molar-refractivity contribution in [3.63, 3.8) is 0 Å². The first kappa shape index (κ1) is 9.47. The summed E-state index contributed by atoms with van der Waals surface area (Å²) >= 11 is 5.64. The Bertz CT molecular complexity index is 169. The van der Waals surface area contributed by atoms with Crippen LogP contribution >= 0.6 is 11.6 Å². The molecule has 0 spiro atoms. The number of hydrogen-bond acceptors (Lipinski definition) is 1. The van der Waals surface area contributed by atoms with Crippen LogP contribution in [-0.2, 0) is 0 Å². The van der Waals surface area contributed by atoms with Crippen molar-refractivity contribution in [1.29, 1.82) is 0 Å². The van der Waals surface area contributed by atoms with Gasteiger partial charge < -0.3 is 5.11 Å². The molecule has 1 nitrogen and oxygen atoms in total. The van der Waals surface area contributed by atoms with Gasteiger partial charge in [-0.05, 0) is 24.6 Å². The molecule has 0 aliphatic carbocycles. The minimum atomic E-state index is 0.810. The molecule has 1 rings (SSSR count). The lowest BCUT2D eigenvalue weighted by atomic mass is 10.2. The van der Waals surface area contributed by atoms with E-state index < -0.39 is 0 Å². The van der Waals surface area contributed by atoms with Crippen molar-refractivity contribution in [1.82, 2.24) is 0 Å². The Morgan fingerprint density at radius 1 is 1.30 bits per heavy atom. The maximum atomic E-state index is 7.00. The van der Waals surface area contributed by atoms with Crippen LogP contribution in [0.5, 0.6) is 0 Å². The highest BCUT2D eigenvalue weighted by molar-refractivity contribution is 6.30. The molecule has 0 atom stereocenters. The molecule has 0 fully saturated rings. The van der Waals surface area contributed by atoms with Crippen LogP contribution in [-0.4, -0.2) is 12.2 Å². The van der Waals surface area contributed by atoms with E-state index in [4.69, 9.17) is 16.7 Å². The van der Waals surface area contributed by atoms with Crippen molar-refractivity contribution >= 4 is 11.6 Å². The van der Waals surface area contributed by atoms with Crippen molar-refractivity contribution in [3.05, 3.63) is 34.9 Å². The largest absolute Gasteiger partial charge is 0.400 e. The molecule has 1 N–H and O–H groups in total. The first-order valence-corrected chi connectivity index (χ1v) is 3.34. The maximum absolute atomic E-state index is 7.00. The van der Waals surface area contributed by atoms with Crippen LogP contribution in [0.15, 0.2) is 24.3 Å². The topological polar surface area (TPSA) is 20.2 Å². The monoisotopic (exact) mass is 158 g/mol. The summed E-state index contributed by atoms with van der Waals surface area (Å²) in [7, 11) is 1.00. The van der Waals surface area contributed by atoms with Gasteiger partial charge in [0.05, 0.1) is 0 Å². The quantitative estimate of drug-likeness (QED) is 0.614. The highest BCUT2D eigenvalue weighted by Crippen LogP contribution is 2.08. The molecular weight excluding hydrogens is 148 g/mol. The third-order valence-corrected chi connectivity index (χ3v) is 1.22. The molecule has 0 amide bonds. The predicted octanol–water partition coefficient (Wildman–Crippen LogP) is 2.26. The van der Waals surface area contributed by atoms with E-state index in [-0.39, 0.29) is 0 Å². The van der Waals surface area contributed by atoms with E-state index in [9.17, 15) is 0 Å². The molecule has 0 aliphatic heterocycles. The summed E-state index contributed by atoms with van der Waals surface area (Å²) in [5.41, 5.74) is 1.21. The first-order valence-electron chi connectivity index (χ1n) is 2.96. The van der Waals surface area contributed by atoms with Crippen LogP contribution in [0.4, 0.5) is 0 Å². The van der Waals surface area contributed by atoms with Gasteiger partial charge in [0.1, 0.15) is 0 Å². The molecule has 1 aromatic carbocycles. The zero-order valence-corrected chi connectivity index (χ0v) is 6.89. The molecule has 0 aromatic heterocycles. The van der Waals surface area contributed by atoms with E-state index in [2.05, 4.69) is 0 Å². The summed E-state index contributed by atoms with van der Waals surface area (Å²) < 4.78 is 0. The molecule has 1 aromatic rings. The maximum Gasteiger partial charge on any atom is 0.0408 e. The Balaban J connectivity index is 0.000000371. The summed E-state index contributed by atoms with van der Waals surface area (Å²) in [6.45, 7) is 2.02. The van der Waals surface area contributed by atoms with Crippen LogP contribution < -0.4 is 0 Å². The molecule has 0 saturated heterocycles. The minimum absolute atomic E-state index is 0.810. The molecule has 0 unspecified atom stereocenters. The second kappa shape index (κ2) is 5.27. The van der Waals surface area contributed by atoms with Crippen LogP contribution in [0.25, 0.3) is 0 Å². The van der Waals surface area contributed by atoms with Crippen molar-refractivity contribution in [2.24, 2.45) is 0 Å². The average Bonchev–Trinajstić information content (AvgIpc) is 1.91. The number of aliphatic hydroxyl groups is 1. The van der Waals surface area contributed by atoms with Gasteiger partial charge in [-0.1, -0.05) is 23.7 Å². The molecule has 0 heterocycles. The van der Waals surface area contributed by atoms with Crippen LogP contribution in [0, 0.1) is 6.92 Å². The van der Waals surface area contributed by atoms with E-state index >= 15 is 0 Å². The fourth-order valence-corrected chi connectivity index (χ4v) is 0.850. The van der Waals surface area contributed by atoms with E-state index in [1.807, 2.05) is 31.2 Å². The van der Waals surface area contributed by atoms with Gasteiger partial charge in [-0.15, -0.1) is 0 Å². The van der Waals surface area contributed by atoms with Crippen molar-refractivity contribution in [2.75, 3.05) is 7.11 Å². The highest BCUT2D eigenvalue weighted by atomic mass is 35.5. The fraction of sp³-hybridized carbons (Fsp3) is 0.250. The summed E-state index contributed by atoms with van der Waals surface area (Å²) in [4.78, 5) is 0. The average molecular weight is 159 g/mol. The summed E-state index contributed by atoms with van der Waals surface area (Å²) in [6, 6.07) is 7.76. The summed E-state index contributed by atoms with van der Waals surface area (Å²) in [5.74, 6) is 0.